The number of rotatable bonds is 4. The van der Waals surface area contributed by atoms with Crippen LogP contribution >= 0.6 is 0 Å². The van der Waals surface area contributed by atoms with Gasteiger partial charge in [0.1, 0.15) is 11.9 Å². The van der Waals surface area contributed by atoms with E-state index in [4.69, 9.17) is 4.74 Å². The number of alkyl halides is 4. The van der Waals surface area contributed by atoms with Gasteiger partial charge in [-0.3, -0.25) is 4.98 Å². The summed E-state index contributed by atoms with van der Waals surface area (Å²) in [6, 6.07) is 6.93. The smallest absolute Gasteiger partial charge is 0.339 e. The largest absolute Gasteiger partial charge is 0.460 e. The molecule has 2 aliphatic heterocycles. The summed E-state index contributed by atoms with van der Waals surface area (Å²) in [5.41, 5.74) is -0.411. The highest BCUT2D eigenvalue weighted by Crippen LogP contribution is 2.54. The minimum absolute atomic E-state index is 0.395. The van der Waals surface area contributed by atoms with E-state index in [1.807, 2.05) is 0 Å². The fourth-order valence-electron chi connectivity index (χ4n) is 5.50. The molecule has 10 heteroatoms. The van der Waals surface area contributed by atoms with Crippen LogP contribution in [0.15, 0.2) is 42.7 Å². The fourth-order valence-corrected chi connectivity index (χ4v) is 5.50. The highest BCUT2D eigenvalue weighted by molar-refractivity contribution is 5.83. The zero-order valence-electron chi connectivity index (χ0n) is 19.2. The molecule has 0 unspecified atom stereocenters. The molecule has 0 radical (unpaired) electrons. The number of aliphatic hydroxyl groups is 1. The normalized spacial score (nSPS) is 33.3. The molecule has 0 amide bonds. The summed E-state index contributed by atoms with van der Waals surface area (Å²) in [7, 11) is 0. The van der Waals surface area contributed by atoms with Gasteiger partial charge in [0.15, 0.2) is 5.60 Å². The highest BCUT2D eigenvalue weighted by Gasteiger charge is 2.67. The van der Waals surface area contributed by atoms with Crippen LogP contribution in [-0.4, -0.2) is 57.7 Å². The molecule has 0 spiro atoms. The maximum atomic E-state index is 14.7. The van der Waals surface area contributed by atoms with Gasteiger partial charge < -0.3 is 14.7 Å². The number of cyclic esters (lactones) is 1. The van der Waals surface area contributed by atoms with Crippen LogP contribution in [0.4, 0.5) is 23.4 Å². The molecule has 1 N–H and O–H groups in total. The van der Waals surface area contributed by atoms with Crippen LogP contribution in [0.5, 0.6) is 0 Å². The van der Waals surface area contributed by atoms with E-state index in [2.05, 4.69) is 9.97 Å². The molecule has 2 aromatic rings. The Kier molecular flexibility index (Phi) is 5.43. The van der Waals surface area contributed by atoms with Crippen molar-refractivity contribution < 1.29 is 32.2 Å². The molecule has 2 saturated heterocycles. The maximum absolute atomic E-state index is 14.7. The van der Waals surface area contributed by atoms with Gasteiger partial charge >= 0.3 is 5.97 Å². The third-order valence-electron chi connectivity index (χ3n) is 7.38. The first-order chi connectivity index (χ1) is 16.4. The Balaban J connectivity index is 1.39. The molecular weight excluding hydrogens is 466 g/mol. The summed E-state index contributed by atoms with van der Waals surface area (Å²) >= 11 is 0. The molecule has 2 aromatic heterocycles. The van der Waals surface area contributed by atoms with Crippen LogP contribution < -0.4 is 4.90 Å². The molecular formula is C25H25F4N3O3. The van der Waals surface area contributed by atoms with Gasteiger partial charge in [0.05, 0.1) is 25.2 Å². The van der Waals surface area contributed by atoms with Gasteiger partial charge in [-0.1, -0.05) is 19.1 Å². The predicted molar refractivity (Wildman–Crippen MR) is 120 cm³/mol. The van der Waals surface area contributed by atoms with Gasteiger partial charge in [-0.2, -0.15) is 0 Å². The molecule has 5 rings (SSSR count). The number of allylic oxidation sites excluding steroid dienone is 1. The van der Waals surface area contributed by atoms with E-state index in [0.29, 0.717) is 22.6 Å². The van der Waals surface area contributed by atoms with Crippen molar-refractivity contribution in [1.29, 1.82) is 0 Å². The van der Waals surface area contributed by atoms with Crippen LogP contribution in [0.3, 0.4) is 0 Å². The summed E-state index contributed by atoms with van der Waals surface area (Å²) in [4.78, 5) is 22.3. The van der Waals surface area contributed by atoms with Gasteiger partial charge in [-0.15, -0.1) is 0 Å². The Morgan fingerprint density at radius 3 is 2.54 bits per heavy atom. The van der Waals surface area contributed by atoms with E-state index in [0.717, 1.165) is 0 Å². The second-order valence-corrected chi connectivity index (χ2v) is 9.78. The third-order valence-corrected chi connectivity index (χ3v) is 7.38. The Morgan fingerprint density at radius 1 is 1.14 bits per heavy atom. The summed E-state index contributed by atoms with van der Waals surface area (Å²) in [5, 5.41) is 10.8. The van der Waals surface area contributed by atoms with Gasteiger partial charge in [-0.05, 0) is 37.1 Å². The Hall–Kier alpha value is -3.01. The second-order valence-electron chi connectivity index (χ2n) is 9.78. The minimum Gasteiger partial charge on any atom is -0.460 e. The zero-order chi connectivity index (χ0) is 25.2. The summed E-state index contributed by atoms with van der Waals surface area (Å²) in [6.07, 6.45) is 4.60. The number of carbonyl (C=O) groups is 1. The average Bonchev–Trinajstić information content (AvgIpc) is 3.00. The highest BCUT2D eigenvalue weighted by atomic mass is 19.3. The summed E-state index contributed by atoms with van der Waals surface area (Å²) in [6.45, 7) is 2.22. The van der Waals surface area contributed by atoms with Crippen molar-refractivity contribution in [1.82, 2.24) is 9.97 Å². The van der Waals surface area contributed by atoms with E-state index in [9.17, 15) is 27.5 Å². The van der Waals surface area contributed by atoms with Gasteiger partial charge in [0.25, 0.3) is 11.8 Å². The molecule has 6 nitrogen and oxygen atoms in total. The van der Waals surface area contributed by atoms with Gasteiger partial charge in [-0.25, -0.2) is 27.3 Å². The quantitative estimate of drug-likeness (QED) is 0.511. The lowest BCUT2D eigenvalue weighted by atomic mass is 9.62. The van der Waals surface area contributed by atoms with Crippen molar-refractivity contribution in [2.24, 2.45) is 17.8 Å². The Morgan fingerprint density at radius 2 is 1.89 bits per heavy atom. The predicted octanol–water partition coefficient (Wildman–Crippen LogP) is 4.20. The number of ether oxygens (including phenoxy) is 1. The van der Waals surface area contributed by atoms with Crippen molar-refractivity contribution in [2.45, 2.75) is 43.8 Å². The number of hydrogen-bond donors (Lipinski definition) is 1. The number of fused-ring (bicyclic) bond motifs is 1. The molecule has 35 heavy (non-hydrogen) atoms. The van der Waals surface area contributed by atoms with Crippen LogP contribution in [0, 0.1) is 17.8 Å². The van der Waals surface area contributed by atoms with Crippen molar-refractivity contribution in [3.63, 3.8) is 0 Å². The summed E-state index contributed by atoms with van der Waals surface area (Å²) < 4.78 is 61.2. The number of pyridine rings is 2. The van der Waals surface area contributed by atoms with E-state index >= 15 is 0 Å². The van der Waals surface area contributed by atoms with Crippen molar-refractivity contribution in [3.05, 3.63) is 48.4 Å². The molecule has 3 fully saturated rings. The SMILES string of the molecule is C[C@H]1OC(=O)[C@]2(O)CC(F)(F)[C@@H](C)[C@H](C=Cc3ccc(-c4cccnc4N4CC(F)(F)C4)cn3)[C@H]12. The lowest BCUT2D eigenvalue weighted by molar-refractivity contribution is -0.193. The molecule has 3 aliphatic rings. The first kappa shape index (κ1) is 23.7. The number of anilines is 1. The lowest BCUT2D eigenvalue weighted by Gasteiger charge is -2.45. The molecule has 5 atom stereocenters. The van der Waals surface area contributed by atoms with Gasteiger partial charge in [0, 0.05) is 35.4 Å². The monoisotopic (exact) mass is 491 g/mol. The van der Waals surface area contributed by atoms with Crippen molar-refractivity contribution >= 4 is 17.9 Å². The fraction of sp³-hybridized carbons (Fsp3) is 0.480. The third kappa shape index (κ3) is 3.97. The molecule has 1 aliphatic carbocycles. The zero-order valence-corrected chi connectivity index (χ0v) is 19.2. The average molecular weight is 491 g/mol. The van der Waals surface area contributed by atoms with Crippen LogP contribution in [-0.2, 0) is 9.53 Å². The van der Waals surface area contributed by atoms with Gasteiger partial charge in [0.2, 0.25) is 0 Å². The number of aromatic nitrogens is 2. The summed E-state index contributed by atoms with van der Waals surface area (Å²) in [5.74, 6) is -9.26. The first-order valence-electron chi connectivity index (χ1n) is 11.4. The van der Waals surface area contributed by atoms with Crippen LogP contribution in [0.1, 0.15) is 26.0 Å². The number of carbonyl (C=O) groups excluding carboxylic acids is 1. The Labute approximate surface area is 199 Å². The van der Waals surface area contributed by atoms with Crippen molar-refractivity contribution in [3.8, 4) is 11.1 Å². The lowest BCUT2D eigenvalue weighted by Crippen LogP contribution is -2.57. The molecule has 4 heterocycles. The minimum atomic E-state index is -3.25. The number of nitrogens with zero attached hydrogens (tertiary/aromatic N) is 3. The molecule has 0 aromatic carbocycles. The second kappa shape index (κ2) is 8.01. The first-order valence-corrected chi connectivity index (χ1v) is 11.4. The van der Waals surface area contributed by atoms with E-state index < -0.39 is 66.8 Å². The molecule has 1 saturated carbocycles. The topological polar surface area (TPSA) is 75.6 Å². The van der Waals surface area contributed by atoms with Crippen molar-refractivity contribution in [2.75, 3.05) is 18.0 Å². The number of esters is 1. The maximum Gasteiger partial charge on any atom is 0.339 e. The van der Waals surface area contributed by atoms with E-state index in [-0.39, 0.29) is 0 Å². The molecule has 0 bridgehead atoms. The van der Waals surface area contributed by atoms with E-state index in [1.165, 1.54) is 11.8 Å². The Bertz CT molecular complexity index is 1160. The standard InChI is InChI=1S/C25H25F4N3O3/c1-14-18(20-15(2)35-22(33)24(20,34)11-25(14,28)29)8-7-17-6-5-16(10-31-17)19-4-3-9-30-21(19)32-12-23(26,27)13-32/h3-10,14-15,18,20,34H,11-13H2,1-2H3/t14-,15+,18-,20-,24-/m0/s1. The van der Waals surface area contributed by atoms with Crippen LogP contribution in [0.25, 0.3) is 17.2 Å². The van der Waals surface area contributed by atoms with E-state index in [1.54, 1.807) is 55.7 Å². The number of halogens is 4. The molecule has 186 valence electrons. The number of hydrogen-bond acceptors (Lipinski definition) is 6. The van der Waals surface area contributed by atoms with Crippen LogP contribution in [0.2, 0.25) is 0 Å².